The maximum atomic E-state index is 12.2. The number of carboxylic acids is 1. The number of ether oxygens (including phenoxy) is 1. The molecule has 1 heterocycles. The van der Waals surface area contributed by atoms with Crippen LogP contribution in [-0.2, 0) is 14.3 Å². The number of carboxylic acid groups (broad SMARTS) is 1. The van der Waals surface area contributed by atoms with Gasteiger partial charge >= 0.3 is 5.97 Å². The van der Waals surface area contributed by atoms with E-state index in [9.17, 15) is 14.7 Å². The van der Waals surface area contributed by atoms with Crippen LogP contribution in [0.1, 0.15) is 51.9 Å². The Bertz CT molecular complexity index is 498. The van der Waals surface area contributed by atoms with E-state index < -0.39 is 11.4 Å². The fourth-order valence-corrected chi connectivity index (χ4v) is 5.05. The van der Waals surface area contributed by atoms with Gasteiger partial charge in [0.25, 0.3) is 0 Å². The second-order valence-electron chi connectivity index (χ2n) is 8.24. The maximum Gasteiger partial charge on any atom is 0.311 e. The van der Waals surface area contributed by atoms with Crippen LogP contribution < -0.4 is 5.32 Å². The molecule has 2 aliphatic carbocycles. The molecule has 1 amide bonds. The summed E-state index contributed by atoms with van der Waals surface area (Å²) in [6, 6.07) is 0. The number of aliphatic carboxylic acids is 1. The second kappa shape index (κ2) is 8.04. The van der Waals surface area contributed by atoms with Crippen LogP contribution in [0.4, 0.5) is 0 Å². The van der Waals surface area contributed by atoms with Gasteiger partial charge in [-0.2, -0.15) is 0 Å². The van der Waals surface area contributed by atoms with E-state index in [4.69, 9.17) is 4.74 Å². The van der Waals surface area contributed by atoms with E-state index in [-0.39, 0.29) is 11.8 Å². The van der Waals surface area contributed by atoms with Crippen LogP contribution in [0, 0.1) is 17.3 Å². The summed E-state index contributed by atoms with van der Waals surface area (Å²) in [6.07, 6.45) is 7.94. The van der Waals surface area contributed by atoms with Gasteiger partial charge in [-0.25, -0.2) is 0 Å². The zero-order valence-electron chi connectivity index (χ0n) is 15.3. The number of amides is 1. The number of fused-ring (bicyclic) bond motifs is 1. The van der Waals surface area contributed by atoms with Gasteiger partial charge in [-0.15, -0.1) is 0 Å². The summed E-state index contributed by atoms with van der Waals surface area (Å²) in [4.78, 5) is 25.8. The Hall–Kier alpha value is -1.14. The van der Waals surface area contributed by atoms with Gasteiger partial charge < -0.3 is 15.2 Å². The number of nitrogens with zero attached hydrogens (tertiary/aromatic N) is 1. The molecule has 3 fully saturated rings. The highest BCUT2D eigenvalue weighted by molar-refractivity contribution is 5.79. The molecular weight excluding hydrogens is 320 g/mol. The molecule has 3 rings (SSSR count). The Balaban J connectivity index is 1.35. The molecule has 0 bridgehead atoms. The zero-order valence-corrected chi connectivity index (χ0v) is 15.3. The highest BCUT2D eigenvalue weighted by Gasteiger charge is 2.54. The molecule has 3 aliphatic rings. The van der Waals surface area contributed by atoms with Crippen molar-refractivity contribution in [1.82, 2.24) is 10.2 Å². The van der Waals surface area contributed by atoms with Gasteiger partial charge in [-0.1, -0.05) is 26.2 Å². The minimum absolute atomic E-state index is 0.0270. The van der Waals surface area contributed by atoms with Gasteiger partial charge in [0.15, 0.2) is 0 Å². The van der Waals surface area contributed by atoms with Crippen LogP contribution in [0.15, 0.2) is 0 Å². The Morgan fingerprint density at radius 1 is 1.24 bits per heavy atom. The molecule has 6 nitrogen and oxygen atoms in total. The van der Waals surface area contributed by atoms with Crippen molar-refractivity contribution in [3.8, 4) is 0 Å². The number of carbonyl (C=O) groups excluding carboxylic acids is 1. The van der Waals surface area contributed by atoms with Gasteiger partial charge in [0, 0.05) is 19.6 Å². The maximum absolute atomic E-state index is 12.2. The first kappa shape index (κ1) is 18.6. The van der Waals surface area contributed by atoms with Crippen LogP contribution in [0.2, 0.25) is 0 Å². The molecule has 0 radical (unpaired) electrons. The normalized spacial score (nSPS) is 35.5. The lowest BCUT2D eigenvalue weighted by atomic mass is 9.81. The van der Waals surface area contributed by atoms with Crippen molar-refractivity contribution in [2.45, 2.75) is 58.0 Å². The predicted molar refractivity (Wildman–Crippen MR) is 94.2 cm³/mol. The standard InChI is InChI=1S/C19H32N2O4/c1-14-5-2-3-7-16(14)25-10-9-20-17(22)12-21-11-15-6-4-8-19(15,13-21)18(23)24/h14-16H,2-13H2,1H3,(H,20,22)(H,23,24)/t14?,15-,16?,19+/m0/s1. The molecule has 1 aliphatic heterocycles. The summed E-state index contributed by atoms with van der Waals surface area (Å²) in [5, 5.41) is 12.5. The van der Waals surface area contributed by atoms with Crippen molar-refractivity contribution >= 4 is 11.9 Å². The van der Waals surface area contributed by atoms with E-state index in [1.807, 2.05) is 4.90 Å². The van der Waals surface area contributed by atoms with Crippen LogP contribution in [0.25, 0.3) is 0 Å². The average molecular weight is 352 g/mol. The van der Waals surface area contributed by atoms with Crippen LogP contribution in [0.3, 0.4) is 0 Å². The molecule has 0 aromatic heterocycles. The Labute approximate surface area is 150 Å². The van der Waals surface area contributed by atoms with Crippen molar-refractivity contribution in [3.05, 3.63) is 0 Å². The Kier molecular flexibility index (Phi) is 6.00. The summed E-state index contributed by atoms with van der Waals surface area (Å²) in [5.74, 6) is 0.100. The molecule has 0 aromatic carbocycles. The second-order valence-corrected chi connectivity index (χ2v) is 8.24. The number of rotatable bonds is 7. The largest absolute Gasteiger partial charge is 0.481 e. The lowest BCUT2D eigenvalue weighted by Gasteiger charge is -2.28. The average Bonchev–Trinajstić information content (AvgIpc) is 3.11. The molecule has 0 spiro atoms. The highest BCUT2D eigenvalue weighted by atomic mass is 16.5. The van der Waals surface area contributed by atoms with Crippen LogP contribution in [-0.4, -0.2) is 60.8 Å². The Morgan fingerprint density at radius 3 is 2.76 bits per heavy atom. The quantitative estimate of drug-likeness (QED) is 0.684. The van der Waals surface area contributed by atoms with E-state index >= 15 is 0 Å². The lowest BCUT2D eigenvalue weighted by Crippen LogP contribution is -2.40. The van der Waals surface area contributed by atoms with Crippen molar-refractivity contribution in [3.63, 3.8) is 0 Å². The third-order valence-corrected chi connectivity index (χ3v) is 6.52. The van der Waals surface area contributed by atoms with E-state index in [1.54, 1.807) is 0 Å². The molecule has 25 heavy (non-hydrogen) atoms. The van der Waals surface area contributed by atoms with E-state index in [0.29, 0.717) is 38.3 Å². The fraction of sp³-hybridized carbons (Fsp3) is 0.895. The van der Waals surface area contributed by atoms with Crippen molar-refractivity contribution in [2.75, 3.05) is 32.8 Å². The van der Waals surface area contributed by atoms with Crippen LogP contribution >= 0.6 is 0 Å². The summed E-state index contributed by atoms with van der Waals surface area (Å²) < 4.78 is 5.92. The summed E-state index contributed by atoms with van der Waals surface area (Å²) in [7, 11) is 0. The van der Waals surface area contributed by atoms with Crippen molar-refractivity contribution < 1.29 is 19.4 Å². The molecule has 6 heteroatoms. The first-order valence-corrected chi connectivity index (χ1v) is 9.85. The van der Waals surface area contributed by atoms with Crippen LogP contribution in [0.5, 0.6) is 0 Å². The fourth-order valence-electron chi connectivity index (χ4n) is 5.05. The molecular formula is C19H32N2O4. The van der Waals surface area contributed by atoms with E-state index in [2.05, 4.69) is 12.2 Å². The minimum Gasteiger partial charge on any atom is -0.481 e. The van der Waals surface area contributed by atoms with Crippen molar-refractivity contribution in [2.24, 2.45) is 17.3 Å². The van der Waals surface area contributed by atoms with Gasteiger partial charge in [-0.05, 0) is 37.5 Å². The highest BCUT2D eigenvalue weighted by Crippen LogP contribution is 2.48. The topological polar surface area (TPSA) is 78.9 Å². The number of carbonyl (C=O) groups is 2. The predicted octanol–water partition coefficient (Wildman–Crippen LogP) is 1.88. The molecule has 2 unspecified atom stereocenters. The van der Waals surface area contributed by atoms with E-state index in [0.717, 1.165) is 32.2 Å². The molecule has 2 saturated carbocycles. The van der Waals surface area contributed by atoms with Crippen molar-refractivity contribution in [1.29, 1.82) is 0 Å². The molecule has 142 valence electrons. The summed E-state index contributed by atoms with van der Waals surface area (Å²) >= 11 is 0. The first-order valence-electron chi connectivity index (χ1n) is 9.85. The van der Waals surface area contributed by atoms with Gasteiger partial charge in [0.1, 0.15) is 0 Å². The number of nitrogens with one attached hydrogen (secondary N) is 1. The summed E-state index contributed by atoms with van der Waals surface area (Å²) in [6.45, 7) is 4.87. The lowest BCUT2D eigenvalue weighted by molar-refractivity contribution is -0.149. The third kappa shape index (κ3) is 4.17. The molecule has 2 N–H and O–H groups in total. The van der Waals surface area contributed by atoms with Gasteiger partial charge in [0.2, 0.25) is 5.91 Å². The molecule has 0 aromatic rings. The first-order chi connectivity index (χ1) is 12.0. The Morgan fingerprint density at radius 2 is 2.04 bits per heavy atom. The molecule has 4 atom stereocenters. The zero-order chi connectivity index (χ0) is 17.9. The number of hydrogen-bond donors (Lipinski definition) is 2. The third-order valence-electron chi connectivity index (χ3n) is 6.52. The van der Waals surface area contributed by atoms with E-state index in [1.165, 1.54) is 19.3 Å². The SMILES string of the molecule is CC1CCCCC1OCCNC(=O)CN1C[C@@H]2CCC[C@@]2(C(=O)O)C1. The monoisotopic (exact) mass is 352 g/mol. The van der Waals surface area contributed by atoms with Gasteiger partial charge in [-0.3, -0.25) is 14.5 Å². The number of likely N-dealkylation sites (tertiary alicyclic amines) is 1. The minimum atomic E-state index is -0.687. The van der Waals surface area contributed by atoms with Gasteiger partial charge in [0.05, 0.1) is 24.7 Å². The summed E-state index contributed by atoms with van der Waals surface area (Å²) in [5.41, 5.74) is -0.611. The molecule has 1 saturated heterocycles. The number of hydrogen-bond acceptors (Lipinski definition) is 4. The smallest absolute Gasteiger partial charge is 0.311 e.